The maximum Gasteiger partial charge on any atom is 0.0114 e. The van der Waals surface area contributed by atoms with Gasteiger partial charge in [-0.3, -0.25) is 0 Å². The Bertz CT molecular complexity index is 617. The zero-order valence-electron chi connectivity index (χ0n) is 29.0. The van der Waals surface area contributed by atoms with Crippen molar-refractivity contribution in [1.29, 1.82) is 0 Å². The van der Waals surface area contributed by atoms with Crippen molar-refractivity contribution >= 4 is 10.2 Å². The lowest BCUT2D eigenvalue weighted by atomic mass is 9.75. The summed E-state index contributed by atoms with van der Waals surface area (Å²) in [4.78, 5) is 0. The summed E-state index contributed by atoms with van der Waals surface area (Å²) in [6.45, 7) is 6.98. The Balaban J connectivity index is 2.65. The second-order valence-corrected chi connectivity index (χ2v) is 16.0. The summed E-state index contributed by atoms with van der Waals surface area (Å²) < 4.78 is 0. The van der Waals surface area contributed by atoms with E-state index < -0.39 is 0 Å². The van der Waals surface area contributed by atoms with Gasteiger partial charge in [-0.2, -0.15) is 0 Å². The molecule has 1 aromatic carbocycles. The molecule has 240 valence electrons. The molecule has 0 radical (unpaired) electrons. The molecule has 1 aromatic rings. The number of hydrogen-bond acceptors (Lipinski definition) is 0. The van der Waals surface area contributed by atoms with E-state index >= 15 is 0 Å². The summed E-state index contributed by atoms with van der Waals surface area (Å²) in [5, 5.41) is 0.588. The molecule has 41 heavy (non-hydrogen) atoms. The lowest BCUT2D eigenvalue weighted by Gasteiger charge is -2.39. The molecule has 1 atom stereocenters. The van der Waals surface area contributed by atoms with Crippen LogP contribution in [-0.2, 0) is 0 Å². The SMILES string of the molecule is CCCCCCCCCCCCC(c1ccccc1)C([SiH3])(CCCCCCCCCC)CCCCCCCCCC. The number of hydrogen-bond donors (Lipinski definition) is 0. The van der Waals surface area contributed by atoms with Gasteiger partial charge in [0.15, 0.2) is 0 Å². The summed E-state index contributed by atoms with van der Waals surface area (Å²) in [5.41, 5.74) is 1.66. The van der Waals surface area contributed by atoms with Gasteiger partial charge in [0.05, 0.1) is 0 Å². The quantitative estimate of drug-likeness (QED) is 0.0601. The molecule has 0 aliphatic heterocycles. The van der Waals surface area contributed by atoms with Crippen LogP contribution in [0.1, 0.15) is 218 Å². The Morgan fingerprint density at radius 1 is 0.439 bits per heavy atom. The molecule has 0 nitrogen and oxygen atoms in total. The molecule has 0 amide bonds. The van der Waals surface area contributed by atoms with Crippen LogP contribution >= 0.6 is 0 Å². The van der Waals surface area contributed by atoms with Crippen LogP contribution in [0.5, 0.6) is 0 Å². The van der Waals surface area contributed by atoms with E-state index in [1.807, 2.05) is 0 Å². The number of rotatable bonds is 31. The van der Waals surface area contributed by atoms with Crippen LogP contribution in [0.15, 0.2) is 30.3 Å². The molecule has 1 unspecified atom stereocenters. The summed E-state index contributed by atoms with van der Waals surface area (Å²) >= 11 is 0. The van der Waals surface area contributed by atoms with Gasteiger partial charge in [0, 0.05) is 10.2 Å². The first-order valence-electron chi connectivity index (χ1n) is 19.2. The summed E-state index contributed by atoms with van der Waals surface area (Å²) in [7, 11) is 1.35. The molecule has 0 aliphatic rings. The van der Waals surface area contributed by atoms with Crippen LogP contribution in [0.25, 0.3) is 0 Å². The fourth-order valence-corrected chi connectivity index (χ4v) is 8.57. The van der Waals surface area contributed by atoms with Gasteiger partial charge in [0.1, 0.15) is 0 Å². The highest BCUT2D eigenvalue weighted by atomic mass is 28.1. The zero-order chi connectivity index (χ0) is 29.7. The molecule has 0 aromatic heterocycles. The Morgan fingerprint density at radius 3 is 1.12 bits per heavy atom. The van der Waals surface area contributed by atoms with E-state index in [0.717, 1.165) is 5.92 Å². The van der Waals surface area contributed by atoms with Gasteiger partial charge < -0.3 is 0 Å². The predicted octanol–water partition coefficient (Wildman–Crippen LogP) is 13.7. The Morgan fingerprint density at radius 2 is 0.756 bits per heavy atom. The van der Waals surface area contributed by atoms with Gasteiger partial charge >= 0.3 is 0 Å². The normalized spacial score (nSPS) is 12.8. The minimum atomic E-state index is 0.588. The topological polar surface area (TPSA) is 0 Å². The highest BCUT2D eigenvalue weighted by Crippen LogP contribution is 2.51. The minimum Gasteiger partial charge on any atom is -0.0654 e. The van der Waals surface area contributed by atoms with E-state index in [2.05, 4.69) is 51.1 Å². The van der Waals surface area contributed by atoms with E-state index in [1.54, 1.807) is 5.56 Å². The van der Waals surface area contributed by atoms with E-state index in [9.17, 15) is 0 Å². The molecular weight excluding hydrogens is 509 g/mol. The summed E-state index contributed by atoms with van der Waals surface area (Å²) in [6, 6.07) is 11.8. The fraction of sp³-hybridized carbons (Fsp3) is 0.850. The third kappa shape index (κ3) is 20.9. The second-order valence-electron chi connectivity index (χ2n) is 14.0. The largest absolute Gasteiger partial charge is 0.0654 e. The van der Waals surface area contributed by atoms with Crippen molar-refractivity contribution in [2.45, 2.75) is 218 Å². The van der Waals surface area contributed by atoms with Crippen molar-refractivity contribution in [2.75, 3.05) is 0 Å². The maximum absolute atomic E-state index is 2.48. The van der Waals surface area contributed by atoms with Crippen molar-refractivity contribution in [3.8, 4) is 0 Å². The van der Waals surface area contributed by atoms with Gasteiger partial charge in [-0.1, -0.05) is 231 Å². The molecule has 0 spiro atoms. The summed E-state index contributed by atoms with van der Waals surface area (Å²) in [5.74, 6) is 0.790. The van der Waals surface area contributed by atoms with E-state index in [-0.39, 0.29) is 0 Å². The highest BCUT2D eigenvalue weighted by Gasteiger charge is 2.33. The predicted molar refractivity (Wildman–Crippen MR) is 193 cm³/mol. The molecular formula is C40H76Si. The van der Waals surface area contributed by atoms with E-state index in [0.29, 0.717) is 5.04 Å². The fourth-order valence-electron chi connectivity index (χ4n) is 7.24. The lowest BCUT2D eigenvalue weighted by Crippen LogP contribution is -2.23. The Hall–Kier alpha value is -0.563. The highest BCUT2D eigenvalue weighted by molar-refractivity contribution is 6.15. The average Bonchev–Trinajstić information content (AvgIpc) is 2.99. The van der Waals surface area contributed by atoms with Crippen molar-refractivity contribution in [3.63, 3.8) is 0 Å². The zero-order valence-corrected chi connectivity index (χ0v) is 31.0. The van der Waals surface area contributed by atoms with Gasteiger partial charge in [-0.25, -0.2) is 0 Å². The first-order chi connectivity index (χ1) is 20.2. The maximum atomic E-state index is 2.48. The molecule has 1 rings (SSSR count). The second kappa shape index (κ2) is 28.2. The smallest absolute Gasteiger partial charge is 0.0114 e. The third-order valence-electron chi connectivity index (χ3n) is 10.1. The van der Waals surface area contributed by atoms with Crippen LogP contribution in [0, 0.1) is 0 Å². The van der Waals surface area contributed by atoms with Crippen LogP contribution in [-0.4, -0.2) is 10.2 Å². The number of benzene rings is 1. The molecule has 0 saturated carbocycles. The molecule has 1 heteroatoms. The first-order valence-corrected chi connectivity index (χ1v) is 20.2. The van der Waals surface area contributed by atoms with Crippen molar-refractivity contribution < 1.29 is 0 Å². The first kappa shape index (κ1) is 38.5. The molecule has 0 fully saturated rings. The molecule has 0 aliphatic carbocycles. The van der Waals surface area contributed by atoms with Crippen LogP contribution < -0.4 is 0 Å². The third-order valence-corrected chi connectivity index (χ3v) is 11.8. The van der Waals surface area contributed by atoms with E-state index in [1.165, 1.54) is 196 Å². The molecule has 0 heterocycles. The van der Waals surface area contributed by atoms with Crippen molar-refractivity contribution in [1.82, 2.24) is 0 Å². The van der Waals surface area contributed by atoms with Crippen molar-refractivity contribution in [3.05, 3.63) is 35.9 Å². The molecule has 0 saturated heterocycles. The van der Waals surface area contributed by atoms with E-state index in [4.69, 9.17) is 0 Å². The van der Waals surface area contributed by atoms with Gasteiger partial charge in [0.2, 0.25) is 0 Å². The number of unbranched alkanes of at least 4 members (excludes halogenated alkanes) is 23. The average molecular weight is 585 g/mol. The summed E-state index contributed by atoms with van der Waals surface area (Å²) in [6.07, 6.45) is 42.0. The van der Waals surface area contributed by atoms with Crippen molar-refractivity contribution in [2.24, 2.45) is 0 Å². The Kier molecular flexibility index (Phi) is 26.5. The van der Waals surface area contributed by atoms with Gasteiger partial charge in [-0.05, 0) is 22.9 Å². The molecule has 0 N–H and O–H groups in total. The van der Waals surface area contributed by atoms with Crippen LogP contribution in [0.3, 0.4) is 0 Å². The molecule has 0 bridgehead atoms. The lowest BCUT2D eigenvalue weighted by molar-refractivity contribution is 0.340. The van der Waals surface area contributed by atoms with Gasteiger partial charge in [-0.15, -0.1) is 0 Å². The van der Waals surface area contributed by atoms with Gasteiger partial charge in [0.25, 0.3) is 0 Å². The monoisotopic (exact) mass is 585 g/mol. The standard InChI is InChI=1S/C40H76Si/c1-4-7-10-13-16-19-20-21-24-30-35-39(38-33-28-27-29-34-38)40(41,36-31-25-22-17-14-11-8-5-2)37-32-26-23-18-15-12-9-6-3/h27-29,33-34,39H,4-26,30-32,35-37H2,1-3,41H3. The minimum absolute atomic E-state index is 0.588. The van der Waals surface area contributed by atoms with Crippen LogP contribution in [0.4, 0.5) is 0 Å². The Labute approximate surface area is 263 Å². The van der Waals surface area contributed by atoms with Crippen LogP contribution in [0.2, 0.25) is 5.04 Å².